The third-order valence-corrected chi connectivity index (χ3v) is 3.78. The average molecular weight is 276 g/mol. The zero-order chi connectivity index (χ0) is 14.4. The van der Waals surface area contributed by atoms with Crippen molar-refractivity contribution < 1.29 is 9.53 Å². The van der Waals surface area contributed by atoms with E-state index in [1.54, 1.807) is 0 Å². The van der Waals surface area contributed by atoms with E-state index in [4.69, 9.17) is 4.74 Å². The van der Waals surface area contributed by atoms with Gasteiger partial charge in [0.1, 0.15) is 0 Å². The maximum Gasteiger partial charge on any atom is 0.238 e. The number of aryl methyl sites for hydroxylation is 1. The summed E-state index contributed by atoms with van der Waals surface area (Å²) in [4.78, 5) is 11.8. The van der Waals surface area contributed by atoms with Gasteiger partial charge in [0.25, 0.3) is 0 Å². The molecule has 1 heterocycles. The molecule has 2 atom stereocenters. The molecule has 2 N–H and O–H groups in total. The molecule has 1 aliphatic rings. The van der Waals surface area contributed by atoms with E-state index in [0.717, 1.165) is 31.7 Å². The Morgan fingerprint density at radius 3 is 2.80 bits per heavy atom. The van der Waals surface area contributed by atoms with Crippen LogP contribution in [0.3, 0.4) is 0 Å². The van der Waals surface area contributed by atoms with Crippen LogP contribution in [0.5, 0.6) is 0 Å². The van der Waals surface area contributed by atoms with Gasteiger partial charge in [0.05, 0.1) is 12.6 Å². The number of carbonyl (C=O) groups excluding carboxylic acids is 1. The predicted octanol–water partition coefficient (Wildman–Crippen LogP) is 2.34. The Labute approximate surface area is 120 Å². The van der Waals surface area contributed by atoms with Crippen molar-refractivity contribution in [1.82, 2.24) is 5.32 Å². The van der Waals surface area contributed by atoms with Gasteiger partial charge in [-0.3, -0.25) is 4.79 Å². The third-order valence-electron chi connectivity index (χ3n) is 3.78. The Morgan fingerprint density at radius 2 is 2.10 bits per heavy atom. The monoisotopic (exact) mass is 276 g/mol. The minimum atomic E-state index is 0.000756. The lowest BCUT2D eigenvalue weighted by Crippen LogP contribution is -2.34. The lowest BCUT2D eigenvalue weighted by molar-refractivity contribution is -0.115. The first-order valence-corrected chi connectivity index (χ1v) is 7.38. The van der Waals surface area contributed by atoms with Gasteiger partial charge < -0.3 is 15.4 Å². The first-order chi connectivity index (χ1) is 9.69. The van der Waals surface area contributed by atoms with Gasteiger partial charge in [-0.2, -0.15) is 0 Å². The molecular formula is C16H24N2O2. The summed E-state index contributed by atoms with van der Waals surface area (Å²) in [5, 5.41) is 6.12. The smallest absolute Gasteiger partial charge is 0.238 e. The highest BCUT2D eigenvalue weighted by Crippen LogP contribution is 2.22. The van der Waals surface area contributed by atoms with Crippen LogP contribution >= 0.6 is 0 Å². The zero-order valence-corrected chi connectivity index (χ0v) is 12.3. The summed E-state index contributed by atoms with van der Waals surface area (Å²) < 4.78 is 5.64. The number of anilines is 1. The van der Waals surface area contributed by atoms with Crippen molar-refractivity contribution in [2.24, 2.45) is 5.92 Å². The number of carbonyl (C=O) groups is 1. The molecule has 0 spiro atoms. The third kappa shape index (κ3) is 4.32. The summed E-state index contributed by atoms with van der Waals surface area (Å²) >= 11 is 0. The van der Waals surface area contributed by atoms with Crippen LogP contribution in [0.1, 0.15) is 25.3 Å². The first-order valence-electron chi connectivity index (χ1n) is 7.38. The van der Waals surface area contributed by atoms with Crippen LogP contribution in [-0.4, -0.2) is 31.7 Å². The van der Waals surface area contributed by atoms with Gasteiger partial charge in [0, 0.05) is 18.8 Å². The van der Waals surface area contributed by atoms with Crippen molar-refractivity contribution >= 4 is 11.6 Å². The largest absolute Gasteiger partial charge is 0.378 e. The van der Waals surface area contributed by atoms with Gasteiger partial charge in [0.2, 0.25) is 5.91 Å². The standard InChI is InChI=1S/C16H24N2O2/c1-3-15-13(8-9-20-15)10-17-11-16(19)18-14-6-4-12(2)5-7-14/h4-7,13,15,17H,3,8-11H2,1-2H3,(H,18,19). The molecular weight excluding hydrogens is 252 g/mol. The second-order valence-electron chi connectivity index (χ2n) is 5.41. The van der Waals surface area contributed by atoms with Crippen LogP contribution in [0.4, 0.5) is 5.69 Å². The SMILES string of the molecule is CCC1OCCC1CNCC(=O)Nc1ccc(C)cc1. The van der Waals surface area contributed by atoms with Crippen molar-refractivity contribution in [1.29, 1.82) is 0 Å². The van der Waals surface area contributed by atoms with Crippen LogP contribution < -0.4 is 10.6 Å². The molecule has 0 aromatic heterocycles. The van der Waals surface area contributed by atoms with Gasteiger partial charge in [-0.15, -0.1) is 0 Å². The molecule has 1 saturated heterocycles. The van der Waals surface area contributed by atoms with Crippen LogP contribution in [0, 0.1) is 12.8 Å². The summed E-state index contributed by atoms with van der Waals surface area (Å²) in [6, 6.07) is 7.83. The predicted molar refractivity (Wildman–Crippen MR) is 80.8 cm³/mol. The molecule has 0 saturated carbocycles. The molecule has 2 rings (SSSR count). The van der Waals surface area contributed by atoms with Crippen molar-refractivity contribution in [2.45, 2.75) is 32.8 Å². The van der Waals surface area contributed by atoms with E-state index >= 15 is 0 Å². The van der Waals surface area contributed by atoms with Crippen LogP contribution in [0.15, 0.2) is 24.3 Å². The lowest BCUT2D eigenvalue weighted by Gasteiger charge is -2.17. The molecule has 1 aliphatic heterocycles. The molecule has 1 aromatic rings. The molecule has 20 heavy (non-hydrogen) atoms. The Morgan fingerprint density at radius 1 is 1.35 bits per heavy atom. The summed E-state index contributed by atoms with van der Waals surface area (Å²) in [6.45, 7) is 6.22. The number of hydrogen-bond donors (Lipinski definition) is 2. The van der Waals surface area contributed by atoms with E-state index in [2.05, 4.69) is 17.6 Å². The molecule has 1 aromatic carbocycles. The first kappa shape index (κ1) is 15.0. The molecule has 110 valence electrons. The maximum absolute atomic E-state index is 11.8. The molecule has 1 amide bonds. The number of rotatable bonds is 6. The van der Waals surface area contributed by atoms with E-state index in [1.807, 2.05) is 31.2 Å². The van der Waals surface area contributed by atoms with Crippen LogP contribution in [-0.2, 0) is 9.53 Å². The van der Waals surface area contributed by atoms with Crippen LogP contribution in [0.25, 0.3) is 0 Å². The summed E-state index contributed by atoms with van der Waals surface area (Å²) in [5.74, 6) is 0.535. The van der Waals surface area contributed by atoms with E-state index in [-0.39, 0.29) is 5.91 Å². The molecule has 2 unspecified atom stereocenters. The van der Waals surface area contributed by atoms with Crippen molar-refractivity contribution in [3.8, 4) is 0 Å². The van der Waals surface area contributed by atoms with E-state index in [1.165, 1.54) is 5.56 Å². The molecule has 0 bridgehead atoms. The Bertz CT molecular complexity index is 431. The number of ether oxygens (including phenoxy) is 1. The highest BCUT2D eigenvalue weighted by Gasteiger charge is 2.26. The molecule has 0 radical (unpaired) electrons. The Hall–Kier alpha value is -1.39. The number of hydrogen-bond acceptors (Lipinski definition) is 3. The minimum Gasteiger partial charge on any atom is -0.378 e. The van der Waals surface area contributed by atoms with Crippen LogP contribution in [0.2, 0.25) is 0 Å². The Balaban J connectivity index is 1.69. The molecule has 1 fully saturated rings. The van der Waals surface area contributed by atoms with E-state index in [9.17, 15) is 4.79 Å². The minimum absolute atomic E-state index is 0.000756. The van der Waals surface area contributed by atoms with Crippen molar-refractivity contribution in [3.63, 3.8) is 0 Å². The summed E-state index contributed by atoms with van der Waals surface area (Å²) in [6.07, 6.45) is 2.48. The Kier molecular flexibility index (Phi) is 5.56. The summed E-state index contributed by atoms with van der Waals surface area (Å²) in [7, 11) is 0. The van der Waals surface area contributed by atoms with Crippen molar-refractivity contribution in [3.05, 3.63) is 29.8 Å². The van der Waals surface area contributed by atoms with Gasteiger partial charge in [-0.25, -0.2) is 0 Å². The number of amides is 1. The fraction of sp³-hybridized carbons (Fsp3) is 0.562. The fourth-order valence-corrected chi connectivity index (χ4v) is 2.59. The number of nitrogens with one attached hydrogen (secondary N) is 2. The van der Waals surface area contributed by atoms with Gasteiger partial charge in [0.15, 0.2) is 0 Å². The average Bonchev–Trinajstić information content (AvgIpc) is 2.89. The fourth-order valence-electron chi connectivity index (χ4n) is 2.59. The second-order valence-corrected chi connectivity index (χ2v) is 5.41. The molecule has 0 aliphatic carbocycles. The van der Waals surface area contributed by atoms with Gasteiger partial charge in [-0.1, -0.05) is 24.6 Å². The lowest BCUT2D eigenvalue weighted by atomic mass is 10.00. The normalized spacial score (nSPS) is 21.9. The van der Waals surface area contributed by atoms with E-state index < -0.39 is 0 Å². The van der Waals surface area contributed by atoms with E-state index in [0.29, 0.717) is 18.6 Å². The molecule has 4 nitrogen and oxygen atoms in total. The topological polar surface area (TPSA) is 50.4 Å². The highest BCUT2D eigenvalue weighted by atomic mass is 16.5. The zero-order valence-electron chi connectivity index (χ0n) is 12.3. The number of benzene rings is 1. The molecule has 4 heteroatoms. The van der Waals surface area contributed by atoms with Crippen molar-refractivity contribution in [2.75, 3.05) is 25.0 Å². The maximum atomic E-state index is 11.8. The van der Waals surface area contributed by atoms with Gasteiger partial charge >= 0.3 is 0 Å². The quantitative estimate of drug-likeness (QED) is 0.838. The second kappa shape index (κ2) is 7.41. The van der Waals surface area contributed by atoms with Gasteiger partial charge in [-0.05, 0) is 37.8 Å². The summed E-state index contributed by atoms with van der Waals surface area (Å²) in [5.41, 5.74) is 2.03. The highest BCUT2D eigenvalue weighted by molar-refractivity contribution is 5.92.